The molecule has 0 bridgehead atoms. The van der Waals surface area contributed by atoms with Crippen molar-refractivity contribution in [1.82, 2.24) is 0 Å². The number of ether oxygens (including phenoxy) is 1. The molecule has 0 spiro atoms. The zero-order valence-electron chi connectivity index (χ0n) is 9.34. The lowest BCUT2D eigenvalue weighted by Crippen LogP contribution is -2.02. The van der Waals surface area contributed by atoms with Gasteiger partial charge in [0.1, 0.15) is 12.4 Å². The summed E-state index contributed by atoms with van der Waals surface area (Å²) in [4.78, 5) is 11.0. The lowest BCUT2D eigenvalue weighted by molar-refractivity contribution is 0.0695. The molecule has 0 unspecified atom stereocenters. The number of hydrogen-bond donors (Lipinski definition) is 1. The molecule has 0 saturated carbocycles. The smallest absolute Gasteiger partial charge is 0.336 e. The van der Waals surface area contributed by atoms with Crippen LogP contribution in [-0.2, 0) is 6.61 Å². The van der Waals surface area contributed by atoms with Crippen LogP contribution in [0, 0.1) is 6.92 Å². The number of carboxylic acid groups (broad SMARTS) is 1. The van der Waals surface area contributed by atoms with E-state index in [1.807, 2.05) is 16.8 Å². The molecule has 2 rings (SSSR count). The van der Waals surface area contributed by atoms with E-state index < -0.39 is 5.97 Å². The summed E-state index contributed by atoms with van der Waals surface area (Å²) in [5.74, 6) is -0.306. The molecule has 1 aromatic heterocycles. The molecule has 4 heteroatoms. The molecule has 1 aromatic carbocycles. The maximum atomic E-state index is 11.0. The van der Waals surface area contributed by atoms with Crippen LogP contribution in [0.5, 0.6) is 5.75 Å². The first-order valence-electron chi connectivity index (χ1n) is 5.15. The highest BCUT2D eigenvalue weighted by Crippen LogP contribution is 2.22. The highest BCUT2D eigenvalue weighted by Gasteiger charge is 2.10. The minimum Gasteiger partial charge on any atom is -0.489 e. The van der Waals surface area contributed by atoms with Gasteiger partial charge in [0.2, 0.25) is 0 Å². The van der Waals surface area contributed by atoms with Gasteiger partial charge in [0.25, 0.3) is 0 Å². The number of benzene rings is 1. The predicted octanol–water partition coefficient (Wildman–Crippen LogP) is 3.33. The Bertz CT molecular complexity index is 517. The maximum Gasteiger partial charge on any atom is 0.336 e. The van der Waals surface area contributed by atoms with E-state index in [0.29, 0.717) is 17.9 Å². The van der Waals surface area contributed by atoms with Crippen LogP contribution in [0.25, 0.3) is 0 Å². The van der Waals surface area contributed by atoms with E-state index in [2.05, 4.69) is 0 Å². The molecule has 0 atom stereocenters. The summed E-state index contributed by atoms with van der Waals surface area (Å²) in [5.41, 5.74) is 2.04. The minimum atomic E-state index is -0.927. The fourth-order valence-corrected chi connectivity index (χ4v) is 2.19. The number of thiophene rings is 1. The highest BCUT2D eigenvalue weighted by molar-refractivity contribution is 7.07. The molecule has 0 saturated heterocycles. The third kappa shape index (κ3) is 2.65. The van der Waals surface area contributed by atoms with E-state index in [0.717, 1.165) is 5.56 Å². The number of aromatic carboxylic acids is 1. The Morgan fingerprint density at radius 2 is 2.24 bits per heavy atom. The molecular formula is C13H12O3S. The second-order valence-corrected chi connectivity index (χ2v) is 4.43. The largest absolute Gasteiger partial charge is 0.489 e. The first kappa shape index (κ1) is 11.7. The predicted molar refractivity (Wildman–Crippen MR) is 66.8 cm³/mol. The Kier molecular flexibility index (Phi) is 3.44. The average molecular weight is 248 g/mol. The second-order valence-electron chi connectivity index (χ2n) is 3.65. The first-order chi connectivity index (χ1) is 8.18. The Morgan fingerprint density at radius 3 is 2.88 bits per heavy atom. The van der Waals surface area contributed by atoms with Gasteiger partial charge in [-0.15, -0.1) is 0 Å². The number of carboxylic acids is 1. The van der Waals surface area contributed by atoms with E-state index in [4.69, 9.17) is 9.84 Å². The van der Waals surface area contributed by atoms with Gasteiger partial charge in [0.05, 0.1) is 5.56 Å². The van der Waals surface area contributed by atoms with Crippen molar-refractivity contribution in [2.24, 2.45) is 0 Å². The van der Waals surface area contributed by atoms with Gasteiger partial charge >= 0.3 is 5.97 Å². The first-order valence-corrected chi connectivity index (χ1v) is 6.09. The molecule has 88 valence electrons. The van der Waals surface area contributed by atoms with Crippen molar-refractivity contribution in [2.45, 2.75) is 13.5 Å². The summed E-state index contributed by atoms with van der Waals surface area (Å²) >= 11 is 1.61. The lowest BCUT2D eigenvalue weighted by atomic mass is 10.1. The SMILES string of the molecule is Cc1c(OCc2ccsc2)cccc1C(=O)O. The van der Waals surface area contributed by atoms with E-state index >= 15 is 0 Å². The Labute approximate surface area is 103 Å². The van der Waals surface area contributed by atoms with E-state index in [1.54, 1.807) is 36.5 Å². The van der Waals surface area contributed by atoms with Crippen LogP contribution in [-0.4, -0.2) is 11.1 Å². The summed E-state index contributed by atoms with van der Waals surface area (Å²) < 4.78 is 5.62. The molecule has 1 N–H and O–H groups in total. The zero-order valence-corrected chi connectivity index (χ0v) is 10.2. The molecule has 2 aromatic rings. The second kappa shape index (κ2) is 5.01. The molecule has 1 heterocycles. The third-order valence-electron chi connectivity index (χ3n) is 2.49. The van der Waals surface area contributed by atoms with Crippen molar-refractivity contribution in [1.29, 1.82) is 0 Å². The number of hydrogen-bond acceptors (Lipinski definition) is 3. The van der Waals surface area contributed by atoms with Crippen LogP contribution in [0.1, 0.15) is 21.5 Å². The molecule has 0 fully saturated rings. The molecule has 0 radical (unpaired) electrons. The van der Waals surface area contributed by atoms with E-state index in [9.17, 15) is 4.79 Å². The van der Waals surface area contributed by atoms with Crippen LogP contribution in [0.15, 0.2) is 35.0 Å². The van der Waals surface area contributed by atoms with Gasteiger partial charge in [0.15, 0.2) is 0 Å². The summed E-state index contributed by atoms with van der Waals surface area (Å²) in [6.07, 6.45) is 0. The monoisotopic (exact) mass is 248 g/mol. The molecule has 0 aliphatic rings. The van der Waals surface area contributed by atoms with Crippen LogP contribution in [0.4, 0.5) is 0 Å². The van der Waals surface area contributed by atoms with Gasteiger partial charge in [-0.25, -0.2) is 4.79 Å². The summed E-state index contributed by atoms with van der Waals surface area (Å²) in [6.45, 7) is 2.22. The molecule has 17 heavy (non-hydrogen) atoms. The summed E-state index contributed by atoms with van der Waals surface area (Å²) in [6, 6.07) is 7.05. The van der Waals surface area contributed by atoms with Gasteiger partial charge in [-0.3, -0.25) is 0 Å². The Balaban J connectivity index is 2.16. The van der Waals surface area contributed by atoms with Gasteiger partial charge < -0.3 is 9.84 Å². The van der Waals surface area contributed by atoms with Gasteiger partial charge in [-0.1, -0.05) is 6.07 Å². The van der Waals surface area contributed by atoms with Crippen LogP contribution < -0.4 is 4.74 Å². The fourth-order valence-electron chi connectivity index (χ4n) is 1.54. The van der Waals surface area contributed by atoms with Crippen molar-refractivity contribution in [2.75, 3.05) is 0 Å². The van der Waals surface area contributed by atoms with E-state index in [-0.39, 0.29) is 5.56 Å². The number of rotatable bonds is 4. The molecular weight excluding hydrogens is 236 g/mol. The zero-order chi connectivity index (χ0) is 12.3. The fraction of sp³-hybridized carbons (Fsp3) is 0.154. The summed E-state index contributed by atoms with van der Waals surface area (Å²) in [7, 11) is 0. The van der Waals surface area contributed by atoms with Crippen molar-refractivity contribution in [3.05, 3.63) is 51.7 Å². The lowest BCUT2D eigenvalue weighted by Gasteiger charge is -2.09. The highest BCUT2D eigenvalue weighted by atomic mass is 32.1. The Morgan fingerprint density at radius 1 is 1.41 bits per heavy atom. The Hall–Kier alpha value is -1.81. The normalized spacial score (nSPS) is 10.2. The average Bonchev–Trinajstić information content (AvgIpc) is 2.80. The molecule has 0 amide bonds. The third-order valence-corrected chi connectivity index (χ3v) is 3.22. The van der Waals surface area contributed by atoms with Crippen LogP contribution in [0.3, 0.4) is 0 Å². The quantitative estimate of drug-likeness (QED) is 0.902. The van der Waals surface area contributed by atoms with Crippen LogP contribution >= 0.6 is 11.3 Å². The molecule has 0 aliphatic carbocycles. The standard InChI is InChI=1S/C13H12O3S/c1-9-11(13(14)15)3-2-4-12(9)16-7-10-5-6-17-8-10/h2-6,8H,7H2,1H3,(H,14,15). The van der Waals surface area contributed by atoms with Crippen molar-refractivity contribution in [3.63, 3.8) is 0 Å². The van der Waals surface area contributed by atoms with Crippen LogP contribution in [0.2, 0.25) is 0 Å². The van der Waals surface area contributed by atoms with Gasteiger partial charge in [-0.2, -0.15) is 11.3 Å². The van der Waals surface area contributed by atoms with E-state index in [1.165, 1.54) is 0 Å². The van der Waals surface area contributed by atoms with Crippen molar-refractivity contribution in [3.8, 4) is 5.75 Å². The summed E-state index contributed by atoms with van der Waals surface area (Å²) in [5, 5.41) is 13.0. The van der Waals surface area contributed by atoms with Gasteiger partial charge in [0, 0.05) is 5.56 Å². The maximum absolute atomic E-state index is 11.0. The van der Waals surface area contributed by atoms with Crippen molar-refractivity contribution >= 4 is 17.3 Å². The number of carbonyl (C=O) groups is 1. The molecule has 0 aliphatic heterocycles. The van der Waals surface area contributed by atoms with Gasteiger partial charge in [-0.05, 0) is 41.4 Å². The minimum absolute atomic E-state index is 0.285. The van der Waals surface area contributed by atoms with Crippen molar-refractivity contribution < 1.29 is 14.6 Å². The topological polar surface area (TPSA) is 46.5 Å². The molecule has 3 nitrogen and oxygen atoms in total.